The topological polar surface area (TPSA) is 54.5 Å². The normalized spacial score (nSPS) is 20.9. The second-order valence-electron chi connectivity index (χ2n) is 8.25. The minimum Gasteiger partial charge on any atom is -0.322 e. The number of rotatable bonds is 8. The number of nitrogens with zero attached hydrogens (tertiary/aromatic N) is 1. The Hall–Kier alpha value is -1.69. The smallest absolute Gasteiger partial charge is 0.291 e. The number of halogens is 1. The van der Waals surface area contributed by atoms with E-state index in [1.165, 1.54) is 17.0 Å². The van der Waals surface area contributed by atoms with Gasteiger partial charge >= 0.3 is 0 Å². The zero-order valence-corrected chi connectivity index (χ0v) is 18.0. The van der Waals surface area contributed by atoms with Crippen molar-refractivity contribution in [3.63, 3.8) is 0 Å². The molecule has 1 heterocycles. The molecule has 2 atom stereocenters. The molecule has 1 fully saturated rings. The molecule has 6 heteroatoms. The average molecular weight is 408 g/mol. The van der Waals surface area contributed by atoms with E-state index < -0.39 is 27.8 Å². The van der Waals surface area contributed by atoms with E-state index >= 15 is 0 Å². The molecule has 1 saturated heterocycles. The summed E-state index contributed by atoms with van der Waals surface area (Å²) in [4.78, 5) is 40.4. The minimum absolute atomic E-state index is 0.341. The van der Waals surface area contributed by atoms with E-state index in [1.807, 2.05) is 13.8 Å². The van der Waals surface area contributed by atoms with Crippen LogP contribution in [0.4, 0.5) is 4.39 Å². The molecule has 0 aromatic heterocycles. The van der Waals surface area contributed by atoms with Crippen LogP contribution in [-0.4, -0.2) is 33.8 Å². The number of hydrogen-bond acceptors (Lipinski definition) is 3. The maximum Gasteiger partial charge on any atom is 0.291 e. The van der Waals surface area contributed by atoms with Gasteiger partial charge in [-0.05, 0) is 43.4 Å². The van der Waals surface area contributed by atoms with E-state index in [4.69, 9.17) is 0 Å². The van der Waals surface area contributed by atoms with Gasteiger partial charge in [-0.15, -0.1) is 12.6 Å². The molecule has 0 spiro atoms. The average Bonchev–Trinajstić information content (AvgIpc) is 3.11. The van der Waals surface area contributed by atoms with Gasteiger partial charge in [-0.2, -0.15) is 0 Å². The largest absolute Gasteiger partial charge is 0.322 e. The second-order valence-corrected chi connectivity index (χ2v) is 8.66. The van der Waals surface area contributed by atoms with E-state index in [1.54, 1.807) is 26.0 Å². The van der Waals surface area contributed by atoms with Gasteiger partial charge < -0.3 is 4.90 Å². The molecule has 2 unspecified atom stereocenters. The quantitative estimate of drug-likeness (QED) is 0.509. The molecule has 0 aliphatic carbocycles. The van der Waals surface area contributed by atoms with E-state index in [0.29, 0.717) is 32.2 Å². The van der Waals surface area contributed by atoms with Crippen LogP contribution >= 0.6 is 12.6 Å². The number of ketones is 1. The molecular formula is C22H30FNO3S. The highest BCUT2D eigenvalue weighted by Gasteiger charge is 2.55. The first-order valence-electron chi connectivity index (χ1n) is 9.97. The zero-order chi connectivity index (χ0) is 21.1. The SMILES string of the molecule is CCCC(c1ccc(F)cc1)C1(C(=O)S)CCCN1C(=O)C(=O)C(C)(C)CC. The highest BCUT2D eigenvalue weighted by atomic mass is 32.1. The highest BCUT2D eigenvalue weighted by molar-refractivity contribution is 7.96. The monoisotopic (exact) mass is 407 g/mol. The predicted octanol–water partition coefficient (Wildman–Crippen LogP) is 4.53. The summed E-state index contributed by atoms with van der Waals surface area (Å²) in [5.74, 6) is -1.79. The Morgan fingerprint density at radius 3 is 2.32 bits per heavy atom. The molecule has 0 radical (unpaired) electrons. The Kier molecular flexibility index (Phi) is 7.07. The molecule has 1 aliphatic rings. The number of thiol groups is 1. The number of carbonyl (C=O) groups excluding carboxylic acids is 3. The molecular weight excluding hydrogens is 377 g/mol. The number of Topliss-reactive ketones (excluding diaryl/α,β-unsaturated/α-hetero) is 1. The van der Waals surface area contributed by atoms with E-state index in [9.17, 15) is 18.8 Å². The molecule has 1 aromatic carbocycles. The molecule has 1 amide bonds. The van der Waals surface area contributed by atoms with Crippen molar-refractivity contribution in [1.29, 1.82) is 0 Å². The molecule has 4 nitrogen and oxygen atoms in total. The molecule has 0 N–H and O–H groups in total. The van der Waals surface area contributed by atoms with Crippen molar-refractivity contribution >= 4 is 29.4 Å². The Morgan fingerprint density at radius 2 is 1.82 bits per heavy atom. The summed E-state index contributed by atoms with van der Waals surface area (Å²) < 4.78 is 13.5. The second kappa shape index (κ2) is 8.76. The number of amides is 1. The van der Waals surface area contributed by atoms with Crippen molar-refractivity contribution in [3.8, 4) is 0 Å². The molecule has 0 bridgehead atoms. The van der Waals surface area contributed by atoms with Crippen molar-refractivity contribution < 1.29 is 18.8 Å². The maximum atomic E-state index is 13.5. The summed E-state index contributed by atoms with van der Waals surface area (Å²) in [6.45, 7) is 7.70. The van der Waals surface area contributed by atoms with Crippen LogP contribution in [0.3, 0.4) is 0 Å². The lowest BCUT2D eigenvalue weighted by Crippen LogP contribution is -2.58. The lowest BCUT2D eigenvalue weighted by molar-refractivity contribution is -0.154. The predicted molar refractivity (Wildman–Crippen MR) is 111 cm³/mol. The van der Waals surface area contributed by atoms with Gasteiger partial charge in [-0.25, -0.2) is 4.39 Å². The van der Waals surface area contributed by atoms with Crippen molar-refractivity contribution in [3.05, 3.63) is 35.6 Å². The number of hydrogen-bond donors (Lipinski definition) is 1. The summed E-state index contributed by atoms with van der Waals surface area (Å²) in [7, 11) is 0. The number of carbonyl (C=O) groups is 3. The van der Waals surface area contributed by atoms with Gasteiger partial charge in [0.1, 0.15) is 11.4 Å². The Morgan fingerprint density at radius 1 is 1.21 bits per heavy atom. The van der Waals surface area contributed by atoms with Gasteiger partial charge in [-0.1, -0.05) is 46.2 Å². The minimum atomic E-state index is -1.19. The zero-order valence-electron chi connectivity index (χ0n) is 17.1. The van der Waals surface area contributed by atoms with Crippen molar-refractivity contribution in [1.82, 2.24) is 4.90 Å². The standard InChI is InChI=1S/C22H30FNO3S/c1-5-8-17(15-9-11-16(23)12-10-15)22(20(27)28)13-7-14-24(22)19(26)18(25)21(3,4)6-2/h9-12,17H,5-8,13-14H2,1-4H3,(H,27,28). The highest BCUT2D eigenvalue weighted by Crippen LogP contribution is 2.46. The van der Waals surface area contributed by atoms with Crippen molar-refractivity contribution in [2.75, 3.05) is 6.54 Å². The summed E-state index contributed by atoms with van der Waals surface area (Å²) in [5, 5.41) is -0.414. The van der Waals surface area contributed by atoms with Crippen LogP contribution in [0.25, 0.3) is 0 Å². The fraction of sp³-hybridized carbons (Fsp3) is 0.591. The van der Waals surface area contributed by atoms with E-state index in [-0.39, 0.29) is 11.7 Å². The van der Waals surface area contributed by atoms with Crippen molar-refractivity contribution in [2.24, 2.45) is 5.41 Å². The molecule has 154 valence electrons. The fourth-order valence-electron chi connectivity index (χ4n) is 4.10. The van der Waals surface area contributed by atoms with E-state index in [2.05, 4.69) is 12.6 Å². The van der Waals surface area contributed by atoms with Crippen LogP contribution in [0.1, 0.15) is 71.3 Å². The Balaban J connectivity index is 2.54. The Bertz CT molecular complexity index is 747. The Labute approximate surface area is 172 Å². The van der Waals surface area contributed by atoms with Gasteiger partial charge in [-0.3, -0.25) is 14.4 Å². The third-order valence-electron chi connectivity index (χ3n) is 6.16. The van der Waals surface area contributed by atoms with Gasteiger partial charge in [0.2, 0.25) is 10.9 Å². The molecule has 1 aliphatic heterocycles. The van der Waals surface area contributed by atoms with E-state index in [0.717, 1.165) is 12.0 Å². The lowest BCUT2D eigenvalue weighted by atomic mass is 9.74. The van der Waals surface area contributed by atoms with Crippen LogP contribution in [0.2, 0.25) is 0 Å². The molecule has 2 rings (SSSR count). The summed E-state index contributed by atoms with van der Waals surface area (Å²) in [6, 6.07) is 6.04. The first kappa shape index (κ1) is 22.6. The van der Waals surface area contributed by atoms with Crippen LogP contribution in [0.5, 0.6) is 0 Å². The van der Waals surface area contributed by atoms with Crippen LogP contribution in [-0.2, 0) is 14.4 Å². The first-order chi connectivity index (χ1) is 13.1. The van der Waals surface area contributed by atoms with Crippen LogP contribution in [0, 0.1) is 11.2 Å². The number of likely N-dealkylation sites (tertiary alicyclic amines) is 1. The third-order valence-corrected chi connectivity index (χ3v) is 6.54. The van der Waals surface area contributed by atoms with Gasteiger partial charge in [0, 0.05) is 17.9 Å². The summed E-state index contributed by atoms with van der Waals surface area (Å²) in [6.07, 6.45) is 3.01. The fourth-order valence-corrected chi connectivity index (χ4v) is 4.48. The number of benzene rings is 1. The van der Waals surface area contributed by atoms with Gasteiger partial charge in [0.05, 0.1) is 0 Å². The van der Waals surface area contributed by atoms with Gasteiger partial charge in [0.15, 0.2) is 0 Å². The molecule has 28 heavy (non-hydrogen) atoms. The first-order valence-corrected chi connectivity index (χ1v) is 10.4. The van der Waals surface area contributed by atoms with Gasteiger partial charge in [0.25, 0.3) is 5.91 Å². The lowest BCUT2D eigenvalue weighted by Gasteiger charge is -2.43. The maximum absolute atomic E-state index is 13.5. The molecule has 0 saturated carbocycles. The van der Waals surface area contributed by atoms with Crippen LogP contribution < -0.4 is 0 Å². The van der Waals surface area contributed by atoms with Crippen molar-refractivity contribution in [2.45, 2.75) is 71.3 Å². The molecule has 1 aromatic rings. The summed E-state index contributed by atoms with van der Waals surface area (Å²) >= 11 is 4.18. The third kappa shape index (κ3) is 4.02. The van der Waals surface area contributed by atoms with Crippen LogP contribution in [0.15, 0.2) is 24.3 Å². The summed E-state index contributed by atoms with van der Waals surface area (Å²) in [5.41, 5.74) is -1.19.